The van der Waals surface area contributed by atoms with E-state index in [1.54, 1.807) is 44.2 Å². The summed E-state index contributed by atoms with van der Waals surface area (Å²) < 4.78 is 13.8. The number of nitrogens with zero attached hydrogens (tertiary/aromatic N) is 1. The molecule has 0 spiro atoms. The summed E-state index contributed by atoms with van der Waals surface area (Å²) in [6.07, 6.45) is -1.18. The number of amides is 1. The number of carbonyl (C=O) groups is 1. The fourth-order valence-electron chi connectivity index (χ4n) is 3.33. The van der Waals surface area contributed by atoms with E-state index in [0.29, 0.717) is 16.8 Å². The molecular weight excluding hydrogens is 309 g/mol. The molecule has 0 bridgehead atoms. The average molecular weight is 329 g/mol. The second kappa shape index (κ2) is 6.00. The van der Waals surface area contributed by atoms with Gasteiger partial charge >= 0.3 is 0 Å². The Bertz CT molecular complexity index is 760. The zero-order valence-electron chi connectivity index (χ0n) is 13.6. The number of carbonyl (C=O) groups excluding carboxylic acids is 1. The number of hydrogen-bond donors (Lipinski definition) is 2. The summed E-state index contributed by atoms with van der Waals surface area (Å²) in [5.74, 6) is -0.681. The molecule has 24 heavy (non-hydrogen) atoms. The van der Waals surface area contributed by atoms with Crippen molar-refractivity contribution in [2.75, 3.05) is 11.5 Å². The predicted molar refractivity (Wildman–Crippen MR) is 89.2 cm³/mol. The van der Waals surface area contributed by atoms with Crippen molar-refractivity contribution >= 4 is 11.6 Å². The number of aliphatic hydroxyl groups excluding tert-OH is 2. The molecule has 1 aliphatic rings. The van der Waals surface area contributed by atoms with E-state index in [-0.39, 0.29) is 5.91 Å². The Morgan fingerprint density at radius 2 is 1.83 bits per heavy atom. The van der Waals surface area contributed by atoms with Crippen LogP contribution in [0.5, 0.6) is 0 Å². The van der Waals surface area contributed by atoms with E-state index in [1.807, 2.05) is 6.07 Å². The Hall–Kier alpha value is -2.24. The van der Waals surface area contributed by atoms with Gasteiger partial charge in [0.25, 0.3) is 0 Å². The summed E-state index contributed by atoms with van der Waals surface area (Å²) >= 11 is 0. The Morgan fingerprint density at radius 1 is 1.17 bits per heavy atom. The van der Waals surface area contributed by atoms with E-state index in [9.17, 15) is 19.4 Å². The first kappa shape index (κ1) is 16.6. The molecule has 0 aromatic heterocycles. The maximum atomic E-state index is 13.8. The van der Waals surface area contributed by atoms with E-state index >= 15 is 0 Å². The maximum absolute atomic E-state index is 13.8. The highest BCUT2D eigenvalue weighted by atomic mass is 19.1. The molecule has 0 radical (unpaired) electrons. The van der Waals surface area contributed by atoms with Crippen LogP contribution in [-0.4, -0.2) is 28.8 Å². The van der Waals surface area contributed by atoms with Gasteiger partial charge in [0.1, 0.15) is 11.9 Å². The monoisotopic (exact) mass is 329 g/mol. The largest absolute Gasteiger partial charge is 0.394 e. The third-order valence-electron chi connectivity index (χ3n) is 4.62. The minimum absolute atomic E-state index is 0.232. The van der Waals surface area contributed by atoms with Gasteiger partial charge in [0.05, 0.1) is 23.8 Å². The normalized spacial score (nSPS) is 18.4. The first-order valence-corrected chi connectivity index (χ1v) is 7.85. The van der Waals surface area contributed by atoms with Crippen LogP contribution in [0.2, 0.25) is 0 Å². The third-order valence-corrected chi connectivity index (χ3v) is 4.62. The van der Waals surface area contributed by atoms with E-state index in [1.165, 1.54) is 17.0 Å². The minimum atomic E-state index is -1.18. The molecule has 2 atom stereocenters. The zero-order valence-corrected chi connectivity index (χ0v) is 13.6. The Kier molecular flexibility index (Phi) is 4.15. The first-order chi connectivity index (χ1) is 11.4. The van der Waals surface area contributed by atoms with Gasteiger partial charge in [-0.3, -0.25) is 4.79 Å². The van der Waals surface area contributed by atoms with Gasteiger partial charge in [-0.05, 0) is 37.1 Å². The molecule has 0 aliphatic carbocycles. The van der Waals surface area contributed by atoms with Gasteiger partial charge < -0.3 is 15.1 Å². The SMILES string of the molecule is CC1(C)C(=O)N(C(c2ccccc2)C(O)CO)c2cc(F)ccc21. The number of rotatable bonds is 4. The van der Waals surface area contributed by atoms with Crippen LogP contribution >= 0.6 is 0 Å². The Morgan fingerprint density at radius 3 is 2.46 bits per heavy atom. The summed E-state index contributed by atoms with van der Waals surface area (Å²) in [6.45, 7) is 3.05. The van der Waals surface area contributed by atoms with Crippen molar-refractivity contribution in [2.24, 2.45) is 0 Å². The lowest BCUT2D eigenvalue weighted by molar-refractivity contribution is -0.123. The van der Waals surface area contributed by atoms with E-state index in [0.717, 1.165) is 0 Å². The van der Waals surface area contributed by atoms with Crippen molar-refractivity contribution in [1.82, 2.24) is 0 Å². The molecule has 1 heterocycles. The highest BCUT2D eigenvalue weighted by Gasteiger charge is 2.48. The standard InChI is InChI=1S/C19H20FNO3/c1-19(2)14-9-8-13(20)10-15(14)21(18(19)24)17(16(23)11-22)12-6-4-3-5-7-12/h3-10,16-17,22-23H,11H2,1-2H3. The van der Waals surface area contributed by atoms with Crippen molar-refractivity contribution in [1.29, 1.82) is 0 Å². The Balaban J connectivity index is 2.19. The third kappa shape index (κ3) is 2.50. The molecule has 5 heteroatoms. The van der Waals surface area contributed by atoms with E-state index in [4.69, 9.17) is 0 Å². The predicted octanol–water partition coefficient (Wildman–Crippen LogP) is 2.54. The van der Waals surface area contributed by atoms with Crippen molar-refractivity contribution in [3.63, 3.8) is 0 Å². The highest BCUT2D eigenvalue weighted by molar-refractivity contribution is 6.08. The number of fused-ring (bicyclic) bond motifs is 1. The average Bonchev–Trinajstić information content (AvgIpc) is 2.76. The van der Waals surface area contributed by atoms with Gasteiger partial charge in [-0.15, -0.1) is 0 Å². The first-order valence-electron chi connectivity index (χ1n) is 7.85. The molecule has 0 saturated carbocycles. The molecule has 3 rings (SSSR count). The van der Waals surface area contributed by atoms with Crippen LogP contribution in [0.15, 0.2) is 48.5 Å². The molecule has 4 nitrogen and oxygen atoms in total. The number of halogens is 1. The summed E-state index contributed by atoms with van der Waals surface area (Å²) in [6, 6.07) is 12.4. The van der Waals surface area contributed by atoms with Crippen LogP contribution < -0.4 is 4.90 Å². The molecule has 2 aromatic rings. The van der Waals surface area contributed by atoms with Crippen LogP contribution in [0, 0.1) is 5.82 Å². The fraction of sp³-hybridized carbons (Fsp3) is 0.316. The second-order valence-corrected chi connectivity index (χ2v) is 6.57. The number of anilines is 1. The smallest absolute Gasteiger partial charge is 0.237 e. The lowest BCUT2D eigenvalue weighted by Gasteiger charge is -2.33. The quantitative estimate of drug-likeness (QED) is 0.906. The second-order valence-electron chi connectivity index (χ2n) is 6.57. The van der Waals surface area contributed by atoms with Gasteiger partial charge in [-0.1, -0.05) is 36.4 Å². The molecule has 2 unspecified atom stereocenters. The van der Waals surface area contributed by atoms with Crippen LogP contribution in [0.1, 0.15) is 31.0 Å². The van der Waals surface area contributed by atoms with Crippen molar-refractivity contribution in [3.8, 4) is 0 Å². The molecular formula is C19H20FNO3. The summed E-state index contributed by atoms with van der Waals surface area (Å²) in [4.78, 5) is 14.5. The number of aliphatic hydroxyl groups is 2. The van der Waals surface area contributed by atoms with Crippen LogP contribution in [0.25, 0.3) is 0 Å². The fourth-order valence-corrected chi connectivity index (χ4v) is 3.33. The lowest BCUT2D eigenvalue weighted by atomic mass is 9.86. The van der Waals surface area contributed by atoms with Crippen molar-refractivity contribution < 1.29 is 19.4 Å². The van der Waals surface area contributed by atoms with Gasteiger partial charge in [0.15, 0.2) is 0 Å². The van der Waals surface area contributed by atoms with E-state index < -0.39 is 30.0 Å². The van der Waals surface area contributed by atoms with Gasteiger partial charge in [0.2, 0.25) is 5.91 Å². The number of hydrogen-bond acceptors (Lipinski definition) is 3. The lowest BCUT2D eigenvalue weighted by Crippen LogP contribution is -2.44. The Labute approximate surface area is 140 Å². The number of benzene rings is 2. The maximum Gasteiger partial charge on any atom is 0.237 e. The summed E-state index contributed by atoms with van der Waals surface area (Å²) in [5, 5.41) is 19.9. The molecule has 0 fully saturated rings. The van der Waals surface area contributed by atoms with Gasteiger partial charge in [-0.2, -0.15) is 0 Å². The summed E-state index contributed by atoms with van der Waals surface area (Å²) in [5.41, 5.74) is 0.997. The zero-order chi connectivity index (χ0) is 17.5. The van der Waals surface area contributed by atoms with Gasteiger partial charge in [-0.25, -0.2) is 4.39 Å². The molecule has 2 N–H and O–H groups in total. The molecule has 1 aliphatic heterocycles. The molecule has 0 saturated heterocycles. The molecule has 2 aromatic carbocycles. The van der Waals surface area contributed by atoms with Crippen LogP contribution in [0.3, 0.4) is 0 Å². The van der Waals surface area contributed by atoms with Crippen molar-refractivity contribution in [2.45, 2.75) is 31.4 Å². The molecule has 1 amide bonds. The van der Waals surface area contributed by atoms with Crippen molar-refractivity contribution in [3.05, 3.63) is 65.5 Å². The van der Waals surface area contributed by atoms with Crippen LogP contribution in [-0.2, 0) is 10.2 Å². The highest BCUT2D eigenvalue weighted by Crippen LogP contribution is 2.46. The summed E-state index contributed by atoms with van der Waals surface area (Å²) in [7, 11) is 0. The van der Waals surface area contributed by atoms with Gasteiger partial charge in [0, 0.05) is 0 Å². The molecule has 126 valence electrons. The van der Waals surface area contributed by atoms with Crippen LogP contribution in [0.4, 0.5) is 10.1 Å². The minimum Gasteiger partial charge on any atom is -0.394 e. The van der Waals surface area contributed by atoms with E-state index in [2.05, 4.69) is 0 Å². The topological polar surface area (TPSA) is 60.8 Å².